The monoisotopic (exact) mass is 390 g/mol. The van der Waals surface area contributed by atoms with E-state index in [1.54, 1.807) is 4.68 Å². The Morgan fingerprint density at radius 2 is 1.37 bits per heavy atom. The minimum atomic E-state index is -0.245. The van der Waals surface area contributed by atoms with Gasteiger partial charge in [0.15, 0.2) is 5.52 Å². The first-order chi connectivity index (χ1) is 14.8. The van der Waals surface area contributed by atoms with E-state index in [4.69, 9.17) is 9.52 Å². The molecule has 0 amide bonds. The van der Waals surface area contributed by atoms with E-state index in [1.807, 2.05) is 84.9 Å². The molecule has 0 saturated carbocycles. The van der Waals surface area contributed by atoms with E-state index >= 15 is 0 Å². The van der Waals surface area contributed by atoms with Gasteiger partial charge in [-0.15, -0.1) is 0 Å². The Balaban J connectivity index is 1.79. The molecular formula is C24H14N4O2. The Kier molecular flexibility index (Phi) is 3.52. The summed E-state index contributed by atoms with van der Waals surface area (Å²) in [6.07, 6.45) is 0. The molecule has 3 aromatic carbocycles. The molecule has 30 heavy (non-hydrogen) atoms. The fourth-order valence-electron chi connectivity index (χ4n) is 3.66. The molecular weight excluding hydrogens is 376 g/mol. The second kappa shape index (κ2) is 6.35. The van der Waals surface area contributed by atoms with Gasteiger partial charge in [0.1, 0.15) is 11.1 Å². The summed E-state index contributed by atoms with van der Waals surface area (Å²) < 4.78 is 7.80. The lowest BCUT2D eigenvalue weighted by Crippen LogP contribution is -2.06. The molecule has 6 nitrogen and oxygen atoms in total. The number of rotatable bonds is 2. The molecule has 6 rings (SSSR count). The first kappa shape index (κ1) is 16.6. The zero-order valence-corrected chi connectivity index (χ0v) is 15.7. The summed E-state index contributed by atoms with van der Waals surface area (Å²) in [5.41, 5.74) is 4.00. The Bertz CT molecular complexity index is 1600. The normalized spacial score (nSPS) is 11.5. The van der Waals surface area contributed by atoms with Crippen molar-refractivity contribution in [3.8, 4) is 16.9 Å². The van der Waals surface area contributed by atoms with Crippen molar-refractivity contribution < 1.29 is 4.42 Å². The van der Waals surface area contributed by atoms with Crippen molar-refractivity contribution in [2.24, 2.45) is 0 Å². The molecule has 3 heterocycles. The fraction of sp³-hybridized carbons (Fsp3) is 0. The molecule has 142 valence electrons. The number of benzene rings is 3. The number of nitrogens with zero attached hydrogens (tertiary/aromatic N) is 4. The van der Waals surface area contributed by atoms with E-state index < -0.39 is 0 Å². The quantitative estimate of drug-likeness (QED) is 0.399. The average molecular weight is 390 g/mol. The van der Waals surface area contributed by atoms with Crippen LogP contribution in [-0.4, -0.2) is 19.7 Å². The van der Waals surface area contributed by atoms with Crippen LogP contribution in [0.1, 0.15) is 0 Å². The van der Waals surface area contributed by atoms with Crippen molar-refractivity contribution in [2.75, 3.05) is 0 Å². The van der Waals surface area contributed by atoms with Crippen molar-refractivity contribution >= 4 is 33.4 Å². The maximum absolute atomic E-state index is 13.6. The van der Waals surface area contributed by atoms with Crippen LogP contribution in [0.4, 0.5) is 0 Å². The Hall–Kier alpha value is -4.32. The maximum Gasteiger partial charge on any atom is 0.252 e. The lowest BCUT2D eigenvalue weighted by molar-refractivity contribution is 0.610. The van der Waals surface area contributed by atoms with E-state index in [-0.39, 0.29) is 16.7 Å². The van der Waals surface area contributed by atoms with Gasteiger partial charge in [0.05, 0.1) is 16.7 Å². The standard InChI is InChI=1S/C24H14N4O2/c29-22-19-20(15-9-3-1-4-10-15)27-28(16-11-5-2-6-12-16)24(19)30-23-21(22)25-17-13-7-8-14-18(17)26-23/h1-14H. The minimum Gasteiger partial charge on any atom is -0.417 e. The molecule has 0 aliphatic carbocycles. The summed E-state index contributed by atoms with van der Waals surface area (Å²) in [6, 6.07) is 26.6. The summed E-state index contributed by atoms with van der Waals surface area (Å²) >= 11 is 0. The van der Waals surface area contributed by atoms with Crippen LogP contribution in [0.25, 0.3) is 50.3 Å². The molecule has 0 bridgehead atoms. The third-order valence-corrected chi connectivity index (χ3v) is 5.07. The highest BCUT2D eigenvalue weighted by molar-refractivity contribution is 5.97. The summed E-state index contributed by atoms with van der Waals surface area (Å²) in [7, 11) is 0. The minimum absolute atomic E-state index is 0.197. The van der Waals surface area contributed by atoms with E-state index in [1.165, 1.54) is 0 Å². The SMILES string of the molecule is O=c1c2nc3ccccc3nc2oc2c1c(-c1ccccc1)nn2-c1ccccc1. The second-order valence-corrected chi connectivity index (χ2v) is 6.94. The van der Waals surface area contributed by atoms with Gasteiger partial charge < -0.3 is 4.42 Å². The van der Waals surface area contributed by atoms with E-state index in [9.17, 15) is 4.79 Å². The number of hydrogen-bond acceptors (Lipinski definition) is 5. The molecule has 0 fully saturated rings. The van der Waals surface area contributed by atoms with Crippen molar-refractivity contribution in [3.05, 3.63) is 95.2 Å². The van der Waals surface area contributed by atoms with Crippen LogP contribution in [0, 0.1) is 0 Å². The average Bonchev–Trinajstić information content (AvgIpc) is 3.19. The Labute approximate surface area is 170 Å². The van der Waals surface area contributed by atoms with Gasteiger partial charge in [-0.25, -0.2) is 9.97 Å². The summed E-state index contributed by atoms with van der Waals surface area (Å²) in [6.45, 7) is 0. The van der Waals surface area contributed by atoms with E-state index in [0.29, 0.717) is 27.8 Å². The Morgan fingerprint density at radius 3 is 2.10 bits per heavy atom. The van der Waals surface area contributed by atoms with E-state index in [0.717, 1.165) is 11.3 Å². The van der Waals surface area contributed by atoms with Gasteiger partial charge in [0, 0.05) is 5.56 Å². The zero-order valence-electron chi connectivity index (χ0n) is 15.7. The predicted octanol–water partition coefficient (Wildman–Crippen LogP) is 4.74. The van der Waals surface area contributed by atoms with Crippen LogP contribution in [0.5, 0.6) is 0 Å². The third-order valence-electron chi connectivity index (χ3n) is 5.07. The van der Waals surface area contributed by atoms with Crippen LogP contribution >= 0.6 is 0 Å². The van der Waals surface area contributed by atoms with Crippen LogP contribution in [0.15, 0.2) is 94.1 Å². The summed E-state index contributed by atoms with van der Waals surface area (Å²) in [5.74, 6) is 0. The van der Waals surface area contributed by atoms with Crippen LogP contribution in [0.3, 0.4) is 0 Å². The van der Waals surface area contributed by atoms with Crippen molar-refractivity contribution in [2.45, 2.75) is 0 Å². The molecule has 6 heteroatoms. The first-order valence-corrected chi connectivity index (χ1v) is 9.53. The smallest absolute Gasteiger partial charge is 0.252 e. The van der Waals surface area contributed by atoms with Crippen LogP contribution in [0.2, 0.25) is 0 Å². The second-order valence-electron chi connectivity index (χ2n) is 6.94. The summed E-state index contributed by atoms with van der Waals surface area (Å²) in [5, 5.41) is 5.14. The number of hydrogen-bond donors (Lipinski definition) is 0. The van der Waals surface area contributed by atoms with Gasteiger partial charge in [0.25, 0.3) is 5.71 Å². The lowest BCUT2D eigenvalue weighted by Gasteiger charge is -2.03. The highest BCUT2D eigenvalue weighted by Crippen LogP contribution is 2.29. The first-order valence-electron chi connectivity index (χ1n) is 9.53. The van der Waals surface area contributed by atoms with Crippen LogP contribution < -0.4 is 5.43 Å². The number of fused-ring (bicyclic) bond motifs is 3. The van der Waals surface area contributed by atoms with Crippen molar-refractivity contribution in [1.29, 1.82) is 0 Å². The molecule has 6 aromatic rings. The molecule has 3 aromatic heterocycles. The van der Waals surface area contributed by atoms with Gasteiger partial charge in [-0.2, -0.15) is 9.78 Å². The summed E-state index contributed by atoms with van der Waals surface area (Å²) in [4.78, 5) is 22.6. The van der Waals surface area contributed by atoms with Gasteiger partial charge >= 0.3 is 0 Å². The third kappa shape index (κ3) is 2.44. The lowest BCUT2D eigenvalue weighted by atomic mass is 10.1. The van der Waals surface area contributed by atoms with Crippen LogP contribution in [-0.2, 0) is 0 Å². The van der Waals surface area contributed by atoms with E-state index in [2.05, 4.69) is 9.97 Å². The van der Waals surface area contributed by atoms with Gasteiger partial charge in [-0.05, 0) is 24.3 Å². The highest BCUT2D eigenvalue weighted by atomic mass is 16.4. The topological polar surface area (TPSA) is 73.8 Å². The molecule has 0 spiro atoms. The molecule has 0 radical (unpaired) electrons. The largest absolute Gasteiger partial charge is 0.417 e. The number of aromatic nitrogens is 4. The highest BCUT2D eigenvalue weighted by Gasteiger charge is 2.22. The maximum atomic E-state index is 13.6. The fourth-order valence-corrected chi connectivity index (χ4v) is 3.66. The molecule has 0 saturated heterocycles. The number of para-hydroxylation sites is 3. The predicted molar refractivity (Wildman–Crippen MR) is 116 cm³/mol. The molecule has 0 atom stereocenters. The van der Waals surface area contributed by atoms with Crippen molar-refractivity contribution in [1.82, 2.24) is 19.7 Å². The molecule has 0 N–H and O–H groups in total. The zero-order chi connectivity index (χ0) is 20.1. The Morgan fingerprint density at radius 1 is 0.733 bits per heavy atom. The van der Waals surface area contributed by atoms with Gasteiger partial charge in [-0.1, -0.05) is 60.7 Å². The molecule has 0 aliphatic heterocycles. The van der Waals surface area contributed by atoms with Gasteiger partial charge in [0.2, 0.25) is 11.1 Å². The van der Waals surface area contributed by atoms with Crippen molar-refractivity contribution in [3.63, 3.8) is 0 Å². The van der Waals surface area contributed by atoms with Gasteiger partial charge in [-0.3, -0.25) is 4.79 Å². The molecule has 0 unspecified atom stereocenters. The molecule has 0 aliphatic rings.